The van der Waals surface area contributed by atoms with E-state index in [0.717, 1.165) is 17.0 Å². The van der Waals surface area contributed by atoms with Gasteiger partial charge in [-0.15, -0.1) is 0 Å². The number of Topliss-reactive ketones (excluding diaryl/α,β-unsaturated/α-hetero) is 1. The molecule has 1 amide bonds. The number of nitro benzene ring substituents is 1. The van der Waals surface area contributed by atoms with E-state index in [0.29, 0.717) is 11.3 Å². The first kappa shape index (κ1) is 24.6. The number of ether oxygens (including phenoxy) is 1. The molecule has 1 saturated heterocycles. The van der Waals surface area contributed by atoms with Gasteiger partial charge in [0.15, 0.2) is 0 Å². The Morgan fingerprint density at radius 3 is 2.25 bits per heavy atom. The number of aliphatic hydroxyl groups is 1. The maximum absolute atomic E-state index is 13.2. The molecule has 1 aliphatic heterocycles. The predicted molar refractivity (Wildman–Crippen MR) is 129 cm³/mol. The average Bonchev–Trinajstić information content (AvgIpc) is 3.13. The van der Waals surface area contributed by atoms with Crippen molar-refractivity contribution in [1.82, 2.24) is 0 Å². The fraction of sp³-hybridized carbons (Fsp3) is 0.0833. The number of non-ortho nitro benzene ring substituents is 1. The van der Waals surface area contributed by atoms with Crippen LogP contribution in [0, 0.1) is 10.1 Å². The highest BCUT2D eigenvalue weighted by Gasteiger charge is 2.47. The van der Waals surface area contributed by atoms with Gasteiger partial charge in [0.2, 0.25) is 10.0 Å². The Balaban J connectivity index is 1.91. The number of hydrogen-bond acceptors (Lipinski definition) is 8. The predicted octanol–water partition coefficient (Wildman–Crippen LogP) is 2.88. The number of amides is 1. The van der Waals surface area contributed by atoms with Crippen LogP contribution in [-0.4, -0.2) is 37.2 Å². The second-order valence-corrected chi connectivity index (χ2v) is 9.35. The van der Waals surface area contributed by atoms with Crippen molar-refractivity contribution in [3.63, 3.8) is 0 Å². The number of nitrogens with zero attached hydrogens (tertiary/aromatic N) is 2. The van der Waals surface area contributed by atoms with E-state index in [1.165, 1.54) is 43.5 Å². The zero-order chi connectivity index (χ0) is 26.2. The third-order valence-corrected chi connectivity index (χ3v) is 6.58. The summed E-state index contributed by atoms with van der Waals surface area (Å²) < 4.78 is 28.6. The van der Waals surface area contributed by atoms with Gasteiger partial charge in [0.25, 0.3) is 17.4 Å². The molecular weight excluding hydrogens is 490 g/mol. The summed E-state index contributed by atoms with van der Waals surface area (Å²) in [7, 11) is -2.55. The van der Waals surface area contributed by atoms with E-state index in [1.807, 2.05) is 0 Å². The number of benzene rings is 3. The van der Waals surface area contributed by atoms with E-state index < -0.39 is 38.4 Å². The smallest absolute Gasteiger partial charge is 0.300 e. The Bertz CT molecular complexity index is 1510. The summed E-state index contributed by atoms with van der Waals surface area (Å²) in [5, 5.41) is 27.2. The number of anilines is 1. The molecule has 0 bridgehead atoms. The molecule has 12 heteroatoms. The van der Waals surface area contributed by atoms with Crippen LogP contribution in [0.2, 0.25) is 0 Å². The number of primary sulfonamides is 1. The number of carbonyl (C=O) groups is 2. The van der Waals surface area contributed by atoms with Crippen LogP contribution in [-0.2, 0) is 19.6 Å². The SMILES string of the molecule is COc1cccc(C2/C(=C(\O)c3ccc([N+](=O)[O-])cc3)C(=O)C(=O)N2c2ccc(S(N)(=O)=O)cc2)c1. The van der Waals surface area contributed by atoms with E-state index in [1.54, 1.807) is 24.3 Å². The number of aliphatic hydroxyl groups excluding tert-OH is 1. The first-order chi connectivity index (χ1) is 17.0. The lowest BCUT2D eigenvalue weighted by Gasteiger charge is -2.26. The van der Waals surface area contributed by atoms with Crippen molar-refractivity contribution in [3.05, 3.63) is 99.6 Å². The van der Waals surface area contributed by atoms with Gasteiger partial charge < -0.3 is 9.84 Å². The molecule has 0 aromatic heterocycles. The molecule has 1 aliphatic rings. The van der Waals surface area contributed by atoms with Gasteiger partial charge in [0.05, 0.1) is 28.5 Å². The average molecular weight is 509 g/mol. The summed E-state index contributed by atoms with van der Waals surface area (Å²) in [4.78, 5) is 37.7. The van der Waals surface area contributed by atoms with Crippen LogP contribution in [0.4, 0.5) is 11.4 Å². The lowest BCUT2D eigenvalue weighted by atomic mass is 9.95. The highest BCUT2D eigenvalue weighted by atomic mass is 32.2. The minimum absolute atomic E-state index is 0.0936. The van der Waals surface area contributed by atoms with Crippen molar-refractivity contribution in [2.75, 3.05) is 12.0 Å². The van der Waals surface area contributed by atoms with Gasteiger partial charge in [0.1, 0.15) is 11.5 Å². The Labute approximate surface area is 205 Å². The van der Waals surface area contributed by atoms with Gasteiger partial charge in [-0.3, -0.25) is 24.6 Å². The van der Waals surface area contributed by atoms with Crippen LogP contribution in [0.3, 0.4) is 0 Å². The number of carbonyl (C=O) groups excluding carboxylic acids is 2. The molecule has 1 heterocycles. The lowest BCUT2D eigenvalue weighted by Crippen LogP contribution is -2.29. The highest BCUT2D eigenvalue weighted by Crippen LogP contribution is 2.43. The minimum Gasteiger partial charge on any atom is -0.507 e. The molecule has 0 saturated carbocycles. The van der Waals surface area contributed by atoms with Crippen molar-refractivity contribution < 1.29 is 32.8 Å². The Kier molecular flexibility index (Phi) is 6.31. The molecule has 3 N–H and O–H groups in total. The van der Waals surface area contributed by atoms with Crippen LogP contribution in [0.25, 0.3) is 5.76 Å². The molecule has 0 spiro atoms. The molecule has 184 valence electrons. The van der Waals surface area contributed by atoms with Crippen LogP contribution < -0.4 is 14.8 Å². The highest BCUT2D eigenvalue weighted by molar-refractivity contribution is 7.89. The molecule has 11 nitrogen and oxygen atoms in total. The van der Waals surface area contributed by atoms with Crippen LogP contribution in [0.15, 0.2) is 83.3 Å². The molecule has 36 heavy (non-hydrogen) atoms. The fourth-order valence-electron chi connectivity index (χ4n) is 3.92. The molecule has 0 radical (unpaired) electrons. The van der Waals surface area contributed by atoms with E-state index in [4.69, 9.17) is 9.88 Å². The topological polar surface area (TPSA) is 170 Å². The number of nitro groups is 1. The normalized spacial score (nSPS) is 17.3. The summed E-state index contributed by atoms with van der Waals surface area (Å²) in [5.41, 5.74) is 0.229. The second kappa shape index (κ2) is 9.24. The minimum atomic E-state index is -4.00. The molecule has 1 atom stereocenters. The molecule has 3 aromatic carbocycles. The number of ketones is 1. The van der Waals surface area contributed by atoms with Crippen molar-refractivity contribution >= 4 is 38.8 Å². The molecule has 1 fully saturated rings. The maximum Gasteiger partial charge on any atom is 0.300 e. The summed E-state index contributed by atoms with van der Waals surface area (Å²) >= 11 is 0. The summed E-state index contributed by atoms with van der Waals surface area (Å²) in [6.45, 7) is 0. The Morgan fingerprint density at radius 2 is 1.69 bits per heavy atom. The number of sulfonamides is 1. The molecule has 0 aliphatic carbocycles. The molecular formula is C24H19N3O8S. The van der Waals surface area contributed by atoms with E-state index in [2.05, 4.69) is 0 Å². The monoisotopic (exact) mass is 509 g/mol. The van der Waals surface area contributed by atoms with Gasteiger partial charge in [0, 0.05) is 23.4 Å². The van der Waals surface area contributed by atoms with Crippen LogP contribution in [0.5, 0.6) is 5.75 Å². The third kappa shape index (κ3) is 4.42. The van der Waals surface area contributed by atoms with Crippen LogP contribution in [0.1, 0.15) is 17.2 Å². The quantitative estimate of drug-likeness (QED) is 0.168. The van der Waals surface area contributed by atoms with E-state index >= 15 is 0 Å². The standard InChI is InChI=1S/C24H19N3O8S/c1-35-18-4-2-3-15(13-18)21-20(22(28)14-5-7-17(8-6-14)27(31)32)23(29)24(30)26(21)16-9-11-19(12-10-16)36(25,33)34/h2-13,21,28H,1H3,(H2,25,33,34)/b22-20+. The number of hydrogen-bond donors (Lipinski definition) is 2. The first-order valence-electron chi connectivity index (χ1n) is 10.4. The molecule has 1 unspecified atom stereocenters. The summed E-state index contributed by atoms with van der Waals surface area (Å²) in [6.07, 6.45) is 0. The van der Waals surface area contributed by atoms with Crippen molar-refractivity contribution in [1.29, 1.82) is 0 Å². The van der Waals surface area contributed by atoms with Gasteiger partial charge in [-0.2, -0.15) is 0 Å². The van der Waals surface area contributed by atoms with Gasteiger partial charge in [-0.05, 0) is 54.1 Å². The lowest BCUT2D eigenvalue weighted by molar-refractivity contribution is -0.384. The number of nitrogens with two attached hydrogens (primary N) is 1. The van der Waals surface area contributed by atoms with E-state index in [9.17, 15) is 33.2 Å². The fourth-order valence-corrected chi connectivity index (χ4v) is 4.43. The largest absolute Gasteiger partial charge is 0.507 e. The third-order valence-electron chi connectivity index (χ3n) is 5.65. The van der Waals surface area contributed by atoms with Gasteiger partial charge in [-0.1, -0.05) is 12.1 Å². The van der Waals surface area contributed by atoms with Crippen molar-refractivity contribution in [3.8, 4) is 5.75 Å². The first-order valence-corrected chi connectivity index (χ1v) is 11.9. The van der Waals surface area contributed by atoms with Gasteiger partial charge >= 0.3 is 0 Å². The van der Waals surface area contributed by atoms with Crippen molar-refractivity contribution in [2.45, 2.75) is 10.9 Å². The molecule has 4 rings (SSSR count). The van der Waals surface area contributed by atoms with E-state index in [-0.39, 0.29) is 27.4 Å². The van der Waals surface area contributed by atoms with Crippen molar-refractivity contribution in [2.24, 2.45) is 5.14 Å². The molecule has 3 aromatic rings. The summed E-state index contributed by atoms with van der Waals surface area (Å²) in [5.74, 6) is -2.05. The second-order valence-electron chi connectivity index (χ2n) is 7.79. The summed E-state index contributed by atoms with van der Waals surface area (Å²) in [6, 6.07) is 15.3. The number of methoxy groups -OCH3 is 1. The zero-order valence-corrected chi connectivity index (χ0v) is 19.5. The van der Waals surface area contributed by atoms with Gasteiger partial charge in [-0.25, -0.2) is 13.6 Å². The number of rotatable bonds is 6. The maximum atomic E-state index is 13.2. The van der Waals surface area contributed by atoms with Crippen LogP contribution >= 0.6 is 0 Å². The zero-order valence-electron chi connectivity index (χ0n) is 18.7. The Hall–Kier alpha value is -4.55. The Morgan fingerprint density at radius 1 is 1.06 bits per heavy atom.